The smallest absolute Gasteiger partial charge is 0.0815 e. The Morgan fingerprint density at radius 3 is 0.941 bits per heavy atom. The van der Waals surface area contributed by atoms with E-state index in [1.165, 1.54) is 0 Å². The van der Waals surface area contributed by atoms with Gasteiger partial charge in [0.25, 0.3) is 0 Å². The van der Waals surface area contributed by atoms with Gasteiger partial charge in [0, 0.05) is 7.26 Å². The van der Waals surface area contributed by atoms with E-state index < -0.39 is 7.26 Å². The van der Waals surface area contributed by atoms with Crippen molar-refractivity contribution >= 4 is 7.26 Å². The van der Waals surface area contributed by atoms with Gasteiger partial charge in [0.05, 0.1) is 49.7 Å². The summed E-state index contributed by atoms with van der Waals surface area (Å²) in [5.74, 6) is 0. The van der Waals surface area contributed by atoms with E-state index in [0.717, 1.165) is 25.0 Å². The maximum absolute atomic E-state index is 8.74. The Labute approximate surface area is 102 Å². The van der Waals surface area contributed by atoms with Crippen LogP contribution in [0, 0.1) is 0 Å². The Morgan fingerprint density at radius 2 is 0.765 bits per heavy atom. The van der Waals surface area contributed by atoms with Gasteiger partial charge in [-0.2, -0.15) is 0 Å². The van der Waals surface area contributed by atoms with Gasteiger partial charge in [0.15, 0.2) is 0 Å². The van der Waals surface area contributed by atoms with Gasteiger partial charge in [-0.25, -0.2) is 0 Å². The lowest BCUT2D eigenvalue weighted by Crippen LogP contribution is -2.08. The minimum absolute atomic E-state index is 0.683. The van der Waals surface area contributed by atoms with Gasteiger partial charge in [-0.3, -0.25) is 0 Å². The first-order valence-corrected chi connectivity index (χ1v) is 7.79. The predicted octanol–water partition coefficient (Wildman–Crippen LogP) is 3.29. The highest BCUT2D eigenvalue weighted by molar-refractivity contribution is 7.76. The molecule has 4 N–H and O–H groups in total. The number of aliphatic hydroxyl groups is 4. The molecule has 0 saturated heterocycles. The molecule has 0 rings (SSSR count). The molecule has 0 bridgehead atoms. The van der Waals surface area contributed by atoms with Gasteiger partial charge < -0.3 is 20.4 Å². The standard InChI is InChI=1S/C12H19O4P/c13-5-1-9-17(10-2-6-14,11-3-7-15)12-4-8-16/h1-8H,9-12H2,(H3-,13,14,15,16)/p+1. The second-order valence-electron chi connectivity index (χ2n) is 3.61. The zero-order valence-electron chi connectivity index (χ0n) is 9.68. The van der Waals surface area contributed by atoms with Crippen LogP contribution in [0.15, 0.2) is 49.4 Å². The van der Waals surface area contributed by atoms with Crippen molar-refractivity contribution < 1.29 is 20.4 Å². The summed E-state index contributed by atoms with van der Waals surface area (Å²) < 4.78 is 0. The van der Waals surface area contributed by atoms with Crippen molar-refractivity contribution in [1.29, 1.82) is 0 Å². The molecule has 0 unspecified atom stereocenters. The average molecular weight is 259 g/mol. The molecule has 0 heterocycles. The van der Waals surface area contributed by atoms with E-state index in [2.05, 4.69) is 0 Å². The normalized spacial score (nSPS) is 16.5. The highest BCUT2D eigenvalue weighted by atomic mass is 31.2. The minimum atomic E-state index is -1.55. The van der Waals surface area contributed by atoms with Crippen LogP contribution >= 0.6 is 7.26 Å². The fraction of sp³-hybridized carbons (Fsp3) is 0.333. The molecule has 0 aliphatic carbocycles. The molecule has 0 aromatic rings. The minimum Gasteiger partial charge on any atom is -0.516 e. The van der Waals surface area contributed by atoms with E-state index in [-0.39, 0.29) is 0 Å². The molecule has 5 heteroatoms. The van der Waals surface area contributed by atoms with E-state index in [9.17, 15) is 0 Å². The summed E-state index contributed by atoms with van der Waals surface area (Å²) in [4.78, 5) is 0. The summed E-state index contributed by atoms with van der Waals surface area (Å²) in [5, 5.41) is 35.0. The molecule has 0 spiro atoms. The van der Waals surface area contributed by atoms with E-state index >= 15 is 0 Å². The zero-order valence-corrected chi connectivity index (χ0v) is 10.6. The molecule has 0 amide bonds. The summed E-state index contributed by atoms with van der Waals surface area (Å²) in [6, 6.07) is 0. The van der Waals surface area contributed by atoms with E-state index in [1.807, 2.05) is 0 Å². The Balaban J connectivity index is 4.87. The van der Waals surface area contributed by atoms with Crippen LogP contribution in [0.4, 0.5) is 0 Å². The van der Waals surface area contributed by atoms with Crippen LogP contribution in [-0.2, 0) is 0 Å². The Morgan fingerprint density at radius 1 is 0.529 bits per heavy atom. The molecule has 0 atom stereocenters. The molecule has 4 nitrogen and oxygen atoms in total. The van der Waals surface area contributed by atoms with Crippen molar-refractivity contribution in [1.82, 2.24) is 0 Å². The highest BCUT2D eigenvalue weighted by Gasteiger charge is 2.32. The van der Waals surface area contributed by atoms with Gasteiger partial charge in [-0.05, 0) is 24.3 Å². The van der Waals surface area contributed by atoms with Crippen LogP contribution in [0.5, 0.6) is 0 Å². The van der Waals surface area contributed by atoms with Gasteiger partial charge >= 0.3 is 0 Å². The number of hydrogen-bond acceptors (Lipinski definition) is 4. The van der Waals surface area contributed by atoms with Crippen molar-refractivity contribution in [3.05, 3.63) is 49.4 Å². The lowest BCUT2D eigenvalue weighted by atomic mass is 10.7. The second kappa shape index (κ2) is 9.79. The molecule has 0 aliphatic heterocycles. The molecule has 0 aromatic carbocycles. The Kier molecular flexibility index (Phi) is 8.98. The second-order valence-corrected chi connectivity index (χ2v) is 7.75. The van der Waals surface area contributed by atoms with Gasteiger partial charge in [-0.15, -0.1) is 0 Å². The van der Waals surface area contributed by atoms with E-state index in [4.69, 9.17) is 20.4 Å². The fourth-order valence-electron chi connectivity index (χ4n) is 1.53. The molecular formula is C12H20O4P+. The number of allylic oxidation sites excluding steroid dienone is 4. The highest BCUT2D eigenvalue weighted by Crippen LogP contribution is 2.59. The summed E-state index contributed by atoms with van der Waals surface area (Å²) >= 11 is 0. The van der Waals surface area contributed by atoms with Crippen LogP contribution in [0.1, 0.15) is 0 Å². The summed E-state index contributed by atoms with van der Waals surface area (Å²) in [5.41, 5.74) is 0. The molecule has 0 aromatic heterocycles. The van der Waals surface area contributed by atoms with Crippen LogP contribution in [0.2, 0.25) is 0 Å². The Bertz CT molecular complexity index is 233. The van der Waals surface area contributed by atoms with Crippen molar-refractivity contribution in [2.45, 2.75) is 0 Å². The first-order valence-electron chi connectivity index (χ1n) is 5.26. The molecule has 0 aliphatic rings. The molecule has 96 valence electrons. The van der Waals surface area contributed by atoms with Crippen LogP contribution in [0.3, 0.4) is 0 Å². The quantitative estimate of drug-likeness (QED) is 0.398. The van der Waals surface area contributed by atoms with Crippen molar-refractivity contribution in [3.8, 4) is 0 Å². The zero-order chi connectivity index (χ0) is 13.0. The average Bonchev–Trinajstić information content (AvgIpc) is 2.37. The summed E-state index contributed by atoms with van der Waals surface area (Å²) in [7, 11) is -1.55. The fourth-order valence-corrected chi connectivity index (χ4v) is 4.59. The van der Waals surface area contributed by atoms with Gasteiger partial charge in [-0.1, -0.05) is 0 Å². The molecule has 0 saturated carbocycles. The third-order valence-corrected chi connectivity index (χ3v) is 6.33. The van der Waals surface area contributed by atoms with Crippen LogP contribution < -0.4 is 0 Å². The number of hydrogen-bond donors (Lipinski definition) is 4. The molecule has 0 radical (unpaired) electrons. The van der Waals surface area contributed by atoms with Crippen LogP contribution in [-0.4, -0.2) is 45.1 Å². The van der Waals surface area contributed by atoms with E-state index in [0.29, 0.717) is 24.6 Å². The summed E-state index contributed by atoms with van der Waals surface area (Å²) in [6.45, 7) is 0. The lowest BCUT2D eigenvalue weighted by molar-refractivity contribution is 0.472. The van der Waals surface area contributed by atoms with Crippen LogP contribution in [0.25, 0.3) is 0 Å². The van der Waals surface area contributed by atoms with Crippen molar-refractivity contribution in [3.63, 3.8) is 0 Å². The summed E-state index contributed by atoms with van der Waals surface area (Å²) in [6.07, 6.45) is 13.4. The van der Waals surface area contributed by atoms with Gasteiger partial charge in [0.2, 0.25) is 0 Å². The maximum atomic E-state index is 8.74. The van der Waals surface area contributed by atoms with Crippen molar-refractivity contribution in [2.24, 2.45) is 0 Å². The maximum Gasteiger partial charge on any atom is 0.0815 e. The molecule has 17 heavy (non-hydrogen) atoms. The number of aliphatic hydroxyl groups excluding tert-OH is 4. The topological polar surface area (TPSA) is 80.9 Å². The SMILES string of the molecule is OC=CC[P+](CC=CO)(CC=CO)CC=CO. The lowest BCUT2D eigenvalue weighted by Gasteiger charge is -2.22. The Hall–Kier alpha value is -1.41. The number of rotatable bonds is 8. The third kappa shape index (κ3) is 6.69. The first-order chi connectivity index (χ1) is 8.24. The third-order valence-electron chi connectivity index (χ3n) is 2.39. The van der Waals surface area contributed by atoms with Gasteiger partial charge in [0.1, 0.15) is 0 Å². The predicted molar refractivity (Wildman–Crippen MR) is 73.5 cm³/mol. The molecular weight excluding hydrogens is 239 g/mol. The van der Waals surface area contributed by atoms with E-state index in [1.54, 1.807) is 24.3 Å². The first kappa shape index (κ1) is 15.6. The van der Waals surface area contributed by atoms with Crippen molar-refractivity contribution in [2.75, 3.05) is 24.6 Å². The monoisotopic (exact) mass is 259 g/mol. The molecule has 0 fully saturated rings. The largest absolute Gasteiger partial charge is 0.516 e.